The van der Waals surface area contributed by atoms with E-state index in [1.54, 1.807) is 44.2 Å². The first-order valence-corrected chi connectivity index (χ1v) is 6.19. The first kappa shape index (κ1) is 16.0. The van der Waals surface area contributed by atoms with Crippen LogP contribution in [0.4, 0.5) is 13.2 Å². The van der Waals surface area contributed by atoms with E-state index < -0.39 is 24.1 Å². The predicted molar refractivity (Wildman–Crippen MR) is 68.7 cm³/mol. The normalized spacial score (nSPS) is 14.4. The number of halogens is 3. The molecule has 0 fully saturated rings. The van der Waals surface area contributed by atoms with Crippen LogP contribution in [0.3, 0.4) is 0 Å². The molecule has 0 saturated carbocycles. The highest BCUT2D eigenvalue weighted by molar-refractivity contribution is 5.19. The van der Waals surface area contributed by atoms with E-state index in [9.17, 15) is 13.2 Å². The summed E-state index contributed by atoms with van der Waals surface area (Å²) in [6.07, 6.45) is -5.14. The lowest BCUT2D eigenvalue weighted by Crippen LogP contribution is -2.36. The summed E-state index contributed by atoms with van der Waals surface area (Å²) < 4.78 is 37.8. The zero-order valence-corrected chi connectivity index (χ0v) is 11.2. The summed E-state index contributed by atoms with van der Waals surface area (Å²) in [5.41, 5.74) is 0.159. The van der Waals surface area contributed by atoms with Crippen LogP contribution in [0, 0.1) is 5.41 Å². The summed E-state index contributed by atoms with van der Waals surface area (Å²) in [5, 5.41) is 12.1. The van der Waals surface area contributed by atoms with Gasteiger partial charge in [-0.2, -0.15) is 13.2 Å². The van der Waals surface area contributed by atoms with Crippen molar-refractivity contribution in [1.29, 1.82) is 0 Å². The first-order chi connectivity index (χ1) is 8.73. The van der Waals surface area contributed by atoms with Crippen molar-refractivity contribution in [3.8, 4) is 0 Å². The molecule has 0 aliphatic carbocycles. The summed E-state index contributed by atoms with van der Waals surface area (Å²) in [7, 11) is 0. The fraction of sp³-hybridized carbons (Fsp3) is 0.571. The molecule has 108 valence electrons. The molecule has 0 spiro atoms. The highest BCUT2D eigenvalue weighted by Gasteiger charge is 2.33. The number of aliphatic hydroxyl groups is 1. The van der Waals surface area contributed by atoms with Gasteiger partial charge in [0.15, 0.2) is 0 Å². The minimum absolute atomic E-state index is 0.0759. The quantitative estimate of drug-likeness (QED) is 0.835. The number of benzene rings is 1. The molecule has 0 saturated heterocycles. The fourth-order valence-electron chi connectivity index (χ4n) is 1.68. The average molecular weight is 275 g/mol. The molecule has 0 aliphatic rings. The molecule has 19 heavy (non-hydrogen) atoms. The van der Waals surface area contributed by atoms with Gasteiger partial charge >= 0.3 is 6.18 Å². The third kappa shape index (κ3) is 6.07. The van der Waals surface area contributed by atoms with Gasteiger partial charge in [0.2, 0.25) is 0 Å². The molecule has 0 aromatic heterocycles. The Morgan fingerprint density at radius 2 is 1.74 bits per heavy atom. The summed E-state index contributed by atoms with van der Waals surface area (Å²) in [6.45, 7) is 3.85. The number of hydrogen-bond donors (Lipinski definition) is 2. The van der Waals surface area contributed by atoms with Gasteiger partial charge in [-0.1, -0.05) is 44.2 Å². The van der Waals surface area contributed by atoms with Crippen LogP contribution in [0.15, 0.2) is 30.3 Å². The van der Waals surface area contributed by atoms with E-state index in [2.05, 4.69) is 5.32 Å². The number of hydrogen-bond acceptors (Lipinski definition) is 2. The van der Waals surface area contributed by atoms with Gasteiger partial charge in [0.05, 0.1) is 6.42 Å². The highest BCUT2D eigenvalue weighted by atomic mass is 19.4. The molecule has 1 atom stereocenters. The Morgan fingerprint density at radius 1 is 1.16 bits per heavy atom. The Kier molecular flexibility index (Phi) is 5.38. The Bertz CT molecular complexity index is 376. The molecule has 0 bridgehead atoms. The lowest BCUT2D eigenvalue weighted by molar-refractivity contribution is -0.140. The van der Waals surface area contributed by atoms with E-state index in [1.807, 2.05) is 0 Å². The van der Waals surface area contributed by atoms with Gasteiger partial charge in [-0.05, 0) is 5.56 Å². The Labute approximate surface area is 111 Å². The summed E-state index contributed by atoms with van der Waals surface area (Å²) in [4.78, 5) is 0. The lowest BCUT2D eigenvalue weighted by atomic mass is 9.93. The molecule has 1 aromatic carbocycles. The van der Waals surface area contributed by atoms with Crippen molar-refractivity contribution in [1.82, 2.24) is 5.32 Å². The van der Waals surface area contributed by atoms with E-state index in [0.717, 1.165) is 0 Å². The molecule has 2 N–H and O–H groups in total. The third-order valence-electron chi connectivity index (χ3n) is 2.89. The van der Waals surface area contributed by atoms with E-state index in [1.165, 1.54) is 0 Å². The minimum Gasteiger partial charge on any atom is -0.396 e. The van der Waals surface area contributed by atoms with E-state index >= 15 is 0 Å². The second kappa shape index (κ2) is 6.39. The zero-order chi connectivity index (χ0) is 14.5. The van der Waals surface area contributed by atoms with E-state index in [-0.39, 0.29) is 6.61 Å². The monoisotopic (exact) mass is 275 g/mol. The zero-order valence-electron chi connectivity index (χ0n) is 11.2. The van der Waals surface area contributed by atoms with Crippen molar-refractivity contribution in [2.24, 2.45) is 5.41 Å². The van der Waals surface area contributed by atoms with Crippen molar-refractivity contribution in [2.45, 2.75) is 32.5 Å². The standard InChI is InChI=1S/C14H20F3NO/c1-13(2,10-19)9-18-12(8-14(15,16)17)11-6-4-3-5-7-11/h3-7,12,18-19H,8-10H2,1-2H3. The number of alkyl halides is 3. The summed E-state index contributed by atoms with van der Waals surface area (Å²) in [6, 6.07) is 7.78. The maximum Gasteiger partial charge on any atom is 0.390 e. The third-order valence-corrected chi connectivity index (χ3v) is 2.89. The van der Waals surface area contributed by atoms with Crippen molar-refractivity contribution in [3.63, 3.8) is 0 Å². The van der Waals surface area contributed by atoms with Crippen LogP contribution in [-0.2, 0) is 0 Å². The lowest BCUT2D eigenvalue weighted by Gasteiger charge is -2.27. The topological polar surface area (TPSA) is 32.3 Å². The molecule has 1 rings (SSSR count). The molecule has 0 heterocycles. The molecule has 1 aromatic rings. The van der Waals surface area contributed by atoms with Crippen LogP contribution in [0.5, 0.6) is 0 Å². The van der Waals surface area contributed by atoms with E-state index in [0.29, 0.717) is 12.1 Å². The Hall–Kier alpha value is -1.07. The Morgan fingerprint density at radius 3 is 2.21 bits per heavy atom. The number of rotatable bonds is 6. The van der Waals surface area contributed by atoms with Crippen molar-refractivity contribution in [3.05, 3.63) is 35.9 Å². The van der Waals surface area contributed by atoms with Crippen LogP contribution in [0.2, 0.25) is 0 Å². The second-order valence-corrected chi connectivity index (χ2v) is 5.49. The second-order valence-electron chi connectivity index (χ2n) is 5.49. The SMILES string of the molecule is CC(C)(CO)CNC(CC(F)(F)F)c1ccccc1. The molecule has 1 unspecified atom stereocenters. The van der Waals surface area contributed by atoms with Gasteiger partial charge in [-0.25, -0.2) is 0 Å². The Balaban J connectivity index is 2.77. The smallest absolute Gasteiger partial charge is 0.390 e. The van der Waals surface area contributed by atoms with Crippen LogP contribution in [0.25, 0.3) is 0 Å². The molecular formula is C14H20F3NO. The fourth-order valence-corrected chi connectivity index (χ4v) is 1.68. The number of aliphatic hydroxyl groups excluding tert-OH is 1. The first-order valence-electron chi connectivity index (χ1n) is 6.19. The van der Waals surface area contributed by atoms with Crippen LogP contribution in [0.1, 0.15) is 31.9 Å². The molecule has 0 amide bonds. The van der Waals surface area contributed by atoms with Gasteiger partial charge in [0.25, 0.3) is 0 Å². The highest BCUT2D eigenvalue weighted by Crippen LogP contribution is 2.30. The van der Waals surface area contributed by atoms with Crippen molar-refractivity contribution >= 4 is 0 Å². The number of nitrogens with one attached hydrogen (secondary N) is 1. The molecule has 0 aliphatic heterocycles. The molecule has 5 heteroatoms. The minimum atomic E-state index is -4.23. The summed E-state index contributed by atoms with van der Waals surface area (Å²) in [5.74, 6) is 0. The molecule has 2 nitrogen and oxygen atoms in total. The largest absolute Gasteiger partial charge is 0.396 e. The summed E-state index contributed by atoms with van der Waals surface area (Å²) >= 11 is 0. The molecular weight excluding hydrogens is 255 g/mol. The maximum absolute atomic E-state index is 12.6. The van der Waals surface area contributed by atoms with Gasteiger partial charge in [-0.3, -0.25) is 0 Å². The average Bonchev–Trinajstić information content (AvgIpc) is 2.34. The van der Waals surface area contributed by atoms with Crippen molar-refractivity contribution in [2.75, 3.05) is 13.2 Å². The molecule has 0 radical (unpaired) electrons. The van der Waals surface area contributed by atoms with Crippen molar-refractivity contribution < 1.29 is 18.3 Å². The van der Waals surface area contributed by atoms with Crippen LogP contribution < -0.4 is 5.32 Å². The van der Waals surface area contributed by atoms with E-state index in [4.69, 9.17) is 5.11 Å². The van der Waals surface area contributed by atoms with Crippen LogP contribution >= 0.6 is 0 Å². The van der Waals surface area contributed by atoms with Crippen LogP contribution in [-0.4, -0.2) is 24.4 Å². The van der Waals surface area contributed by atoms with Gasteiger partial charge in [-0.15, -0.1) is 0 Å². The maximum atomic E-state index is 12.6. The van der Waals surface area contributed by atoms with Gasteiger partial charge < -0.3 is 10.4 Å². The van der Waals surface area contributed by atoms with Gasteiger partial charge in [0.1, 0.15) is 0 Å². The predicted octanol–water partition coefficient (Wildman–Crippen LogP) is 3.29. The van der Waals surface area contributed by atoms with Gasteiger partial charge in [0, 0.05) is 24.6 Å².